The molecule has 0 aromatic heterocycles. The van der Waals surface area contributed by atoms with Gasteiger partial charge in [-0.15, -0.1) is 0 Å². The van der Waals surface area contributed by atoms with Gasteiger partial charge >= 0.3 is 0 Å². The Hall–Kier alpha value is -1.08. The second kappa shape index (κ2) is 7.26. The van der Waals surface area contributed by atoms with Crippen LogP contribution < -0.4 is 4.31 Å². The highest BCUT2D eigenvalue weighted by atomic mass is 79.9. The summed E-state index contributed by atoms with van der Waals surface area (Å²) in [6.07, 6.45) is 1.12. The van der Waals surface area contributed by atoms with Crippen LogP contribution in [0.4, 0.5) is 5.69 Å². The predicted molar refractivity (Wildman–Crippen MR) is 89.0 cm³/mol. The van der Waals surface area contributed by atoms with Crippen LogP contribution in [0.1, 0.15) is 19.4 Å². The highest BCUT2D eigenvalue weighted by Gasteiger charge is 2.24. The number of likely N-dealkylation sites (N-methyl/N-ethyl adjacent to an activating group) is 1. The van der Waals surface area contributed by atoms with Crippen LogP contribution in [0, 0.1) is 6.92 Å². The normalized spacial score (nSPS) is 11.3. The second-order valence-corrected chi connectivity index (χ2v) is 7.59. The van der Waals surface area contributed by atoms with Crippen LogP contribution in [-0.2, 0) is 14.8 Å². The number of sulfonamides is 1. The van der Waals surface area contributed by atoms with E-state index in [1.807, 2.05) is 26.8 Å². The zero-order chi connectivity index (χ0) is 16.2. The van der Waals surface area contributed by atoms with Gasteiger partial charge in [-0.1, -0.05) is 15.9 Å². The van der Waals surface area contributed by atoms with Gasteiger partial charge in [0, 0.05) is 17.6 Å². The lowest BCUT2D eigenvalue weighted by molar-refractivity contribution is -0.129. The summed E-state index contributed by atoms with van der Waals surface area (Å²) in [4.78, 5) is 13.8. The molecule has 0 atom stereocenters. The number of amides is 1. The quantitative estimate of drug-likeness (QED) is 0.765. The molecule has 0 radical (unpaired) electrons. The van der Waals surface area contributed by atoms with Crippen LogP contribution in [0.3, 0.4) is 0 Å². The fourth-order valence-corrected chi connectivity index (χ4v) is 3.46. The van der Waals surface area contributed by atoms with E-state index in [9.17, 15) is 13.2 Å². The predicted octanol–water partition coefficient (Wildman–Crippen LogP) is 2.39. The van der Waals surface area contributed by atoms with Gasteiger partial charge in [0.15, 0.2) is 0 Å². The molecule has 0 fully saturated rings. The topological polar surface area (TPSA) is 57.7 Å². The first kappa shape index (κ1) is 18.0. The molecule has 1 aromatic rings. The van der Waals surface area contributed by atoms with Gasteiger partial charge in [-0.2, -0.15) is 0 Å². The lowest BCUT2D eigenvalue weighted by atomic mass is 10.2. The minimum atomic E-state index is -3.53. The van der Waals surface area contributed by atoms with E-state index < -0.39 is 10.0 Å². The zero-order valence-electron chi connectivity index (χ0n) is 12.8. The van der Waals surface area contributed by atoms with Gasteiger partial charge in [0.05, 0.1) is 11.9 Å². The minimum Gasteiger partial charge on any atom is -0.342 e. The summed E-state index contributed by atoms with van der Waals surface area (Å²) < 4.78 is 26.1. The fourth-order valence-electron chi connectivity index (χ4n) is 2.08. The van der Waals surface area contributed by atoms with Crippen molar-refractivity contribution in [3.8, 4) is 0 Å². The Balaban J connectivity index is 3.17. The van der Waals surface area contributed by atoms with E-state index in [0.29, 0.717) is 18.8 Å². The molecule has 118 valence electrons. The molecule has 21 heavy (non-hydrogen) atoms. The molecule has 0 bridgehead atoms. The van der Waals surface area contributed by atoms with E-state index in [-0.39, 0.29) is 12.5 Å². The third kappa shape index (κ3) is 4.71. The molecule has 0 unspecified atom stereocenters. The molecular formula is C14H21BrN2O3S. The van der Waals surface area contributed by atoms with Crippen molar-refractivity contribution in [2.45, 2.75) is 20.8 Å². The maximum Gasteiger partial charge on any atom is 0.243 e. The van der Waals surface area contributed by atoms with Gasteiger partial charge in [0.2, 0.25) is 15.9 Å². The number of hydrogen-bond acceptors (Lipinski definition) is 3. The van der Waals surface area contributed by atoms with Crippen molar-refractivity contribution in [1.82, 2.24) is 4.90 Å². The van der Waals surface area contributed by atoms with Crippen molar-refractivity contribution in [2.75, 3.05) is 30.2 Å². The lowest BCUT2D eigenvalue weighted by Crippen LogP contribution is -2.42. The SMILES string of the molecule is CCN(CC)C(=O)CN(c1ccc(Br)cc1C)S(C)(=O)=O. The molecule has 1 amide bonds. The van der Waals surface area contributed by atoms with Gasteiger partial charge < -0.3 is 4.90 Å². The van der Waals surface area contributed by atoms with E-state index in [2.05, 4.69) is 15.9 Å². The number of rotatable bonds is 6. The molecule has 0 aliphatic rings. The zero-order valence-corrected chi connectivity index (χ0v) is 15.2. The van der Waals surface area contributed by atoms with Crippen molar-refractivity contribution in [1.29, 1.82) is 0 Å². The number of carbonyl (C=O) groups excluding carboxylic acids is 1. The Kier molecular flexibility index (Phi) is 6.22. The van der Waals surface area contributed by atoms with Gasteiger partial charge in [-0.25, -0.2) is 8.42 Å². The molecule has 1 rings (SSSR count). The highest BCUT2D eigenvalue weighted by Crippen LogP contribution is 2.25. The van der Waals surface area contributed by atoms with Gasteiger partial charge in [-0.3, -0.25) is 9.10 Å². The van der Waals surface area contributed by atoms with Crippen LogP contribution in [0.25, 0.3) is 0 Å². The second-order valence-electron chi connectivity index (χ2n) is 4.77. The Labute approximate surface area is 135 Å². The number of halogens is 1. The lowest BCUT2D eigenvalue weighted by Gasteiger charge is -2.27. The Morgan fingerprint density at radius 3 is 2.24 bits per heavy atom. The van der Waals surface area contributed by atoms with E-state index >= 15 is 0 Å². The first-order valence-electron chi connectivity index (χ1n) is 6.72. The van der Waals surface area contributed by atoms with E-state index in [0.717, 1.165) is 20.6 Å². The van der Waals surface area contributed by atoms with Crippen molar-refractivity contribution < 1.29 is 13.2 Å². The van der Waals surface area contributed by atoms with E-state index in [4.69, 9.17) is 0 Å². The summed E-state index contributed by atoms with van der Waals surface area (Å²) in [6, 6.07) is 5.30. The third-order valence-corrected chi connectivity index (χ3v) is 4.84. The standard InChI is InChI=1S/C14H21BrN2O3S/c1-5-16(6-2)14(18)10-17(21(4,19)20)13-8-7-12(15)9-11(13)3/h7-9H,5-6,10H2,1-4H3. The summed E-state index contributed by atoms with van der Waals surface area (Å²) in [6.45, 7) is 6.51. The van der Waals surface area contributed by atoms with Crippen LogP contribution in [-0.4, -0.2) is 45.1 Å². The number of carbonyl (C=O) groups is 1. The molecule has 0 heterocycles. The summed E-state index contributed by atoms with van der Waals surface area (Å²) in [5.41, 5.74) is 1.32. The Morgan fingerprint density at radius 2 is 1.81 bits per heavy atom. The molecule has 0 spiro atoms. The van der Waals surface area contributed by atoms with Crippen LogP contribution in [0.2, 0.25) is 0 Å². The molecule has 0 aliphatic heterocycles. The molecule has 7 heteroatoms. The van der Waals surface area contributed by atoms with Gasteiger partial charge in [0.1, 0.15) is 6.54 Å². The van der Waals surface area contributed by atoms with Crippen LogP contribution in [0.5, 0.6) is 0 Å². The molecule has 1 aromatic carbocycles. The summed E-state index contributed by atoms with van der Waals surface area (Å²) in [5.74, 6) is -0.201. The Bertz CT molecular complexity index is 613. The fraction of sp³-hybridized carbons (Fsp3) is 0.500. The first-order valence-corrected chi connectivity index (χ1v) is 9.36. The smallest absolute Gasteiger partial charge is 0.243 e. The third-order valence-electron chi connectivity index (χ3n) is 3.22. The van der Waals surface area contributed by atoms with Crippen molar-refractivity contribution in [3.05, 3.63) is 28.2 Å². The number of nitrogens with zero attached hydrogens (tertiary/aromatic N) is 2. The molecule has 0 saturated heterocycles. The molecule has 0 saturated carbocycles. The van der Waals surface area contributed by atoms with Gasteiger partial charge in [0.25, 0.3) is 0 Å². The number of hydrogen-bond donors (Lipinski definition) is 0. The average Bonchev–Trinajstić information content (AvgIpc) is 2.37. The summed E-state index contributed by atoms with van der Waals surface area (Å²) >= 11 is 3.35. The summed E-state index contributed by atoms with van der Waals surface area (Å²) in [5, 5.41) is 0. The van der Waals surface area contributed by atoms with Crippen LogP contribution >= 0.6 is 15.9 Å². The molecular weight excluding hydrogens is 356 g/mol. The maximum absolute atomic E-state index is 12.2. The van der Waals surface area contributed by atoms with E-state index in [1.54, 1.807) is 17.0 Å². The Morgan fingerprint density at radius 1 is 1.24 bits per heavy atom. The molecule has 0 N–H and O–H groups in total. The van der Waals surface area contributed by atoms with Gasteiger partial charge in [-0.05, 0) is 44.5 Å². The van der Waals surface area contributed by atoms with Crippen molar-refractivity contribution >= 4 is 37.5 Å². The van der Waals surface area contributed by atoms with Crippen LogP contribution in [0.15, 0.2) is 22.7 Å². The van der Waals surface area contributed by atoms with E-state index in [1.165, 1.54) is 0 Å². The number of aryl methyl sites for hydroxylation is 1. The number of anilines is 1. The van der Waals surface area contributed by atoms with Crippen molar-refractivity contribution in [2.24, 2.45) is 0 Å². The molecule has 0 aliphatic carbocycles. The molecule has 5 nitrogen and oxygen atoms in total. The maximum atomic E-state index is 12.2. The highest BCUT2D eigenvalue weighted by molar-refractivity contribution is 9.10. The monoisotopic (exact) mass is 376 g/mol. The minimum absolute atomic E-state index is 0.178. The first-order chi connectivity index (χ1) is 9.70. The number of benzene rings is 1. The average molecular weight is 377 g/mol. The summed E-state index contributed by atoms with van der Waals surface area (Å²) in [7, 11) is -3.53. The van der Waals surface area contributed by atoms with Crippen molar-refractivity contribution in [3.63, 3.8) is 0 Å². The largest absolute Gasteiger partial charge is 0.342 e.